The standard InChI is InChI=1S/C20H18N2O4S/c1-13-5-4-7-15(11-13)21-20-22-19(25)17(27-20)12-14-6-2-3-8-16(14)26-10-9-18(23)24/h2-8,11-12H,9-10H2,1H3,(H,23,24)(H,21,22,25)/b17-12+. The van der Waals surface area contributed by atoms with Crippen LogP contribution in [0.1, 0.15) is 17.5 Å². The van der Waals surface area contributed by atoms with Gasteiger partial charge in [0.05, 0.1) is 23.6 Å². The molecule has 0 atom stereocenters. The highest BCUT2D eigenvalue weighted by Crippen LogP contribution is 2.30. The predicted octanol–water partition coefficient (Wildman–Crippen LogP) is 3.74. The van der Waals surface area contributed by atoms with Gasteiger partial charge in [0.25, 0.3) is 5.91 Å². The Kier molecular flexibility index (Phi) is 5.93. The zero-order valence-electron chi connectivity index (χ0n) is 14.6. The first kappa shape index (κ1) is 18.7. The molecule has 1 fully saturated rings. The number of rotatable bonds is 6. The number of benzene rings is 2. The van der Waals surface area contributed by atoms with Gasteiger partial charge in [0.1, 0.15) is 5.75 Å². The van der Waals surface area contributed by atoms with Gasteiger partial charge >= 0.3 is 5.97 Å². The number of nitrogens with zero attached hydrogens (tertiary/aromatic N) is 1. The average molecular weight is 382 g/mol. The number of amidine groups is 1. The highest BCUT2D eigenvalue weighted by atomic mass is 32.2. The van der Waals surface area contributed by atoms with Crippen LogP contribution in [0.3, 0.4) is 0 Å². The van der Waals surface area contributed by atoms with E-state index in [0.717, 1.165) is 11.3 Å². The summed E-state index contributed by atoms with van der Waals surface area (Å²) in [6.45, 7) is 2.05. The van der Waals surface area contributed by atoms with Crippen LogP contribution in [0.15, 0.2) is 58.4 Å². The molecule has 7 heteroatoms. The van der Waals surface area contributed by atoms with E-state index in [1.165, 1.54) is 11.8 Å². The fourth-order valence-electron chi connectivity index (χ4n) is 2.42. The molecule has 0 unspecified atom stereocenters. The summed E-state index contributed by atoms with van der Waals surface area (Å²) in [7, 11) is 0. The van der Waals surface area contributed by atoms with Crippen molar-refractivity contribution in [1.29, 1.82) is 0 Å². The Balaban J connectivity index is 1.78. The lowest BCUT2D eigenvalue weighted by Crippen LogP contribution is -2.19. The fourth-order valence-corrected chi connectivity index (χ4v) is 3.25. The Morgan fingerprint density at radius 2 is 2.07 bits per heavy atom. The number of nitrogens with one attached hydrogen (secondary N) is 1. The van der Waals surface area contributed by atoms with Crippen LogP contribution in [-0.2, 0) is 9.59 Å². The second-order valence-corrected chi connectivity index (χ2v) is 6.88. The van der Waals surface area contributed by atoms with Crippen LogP contribution in [0.25, 0.3) is 6.08 Å². The third-order valence-corrected chi connectivity index (χ3v) is 4.57. The van der Waals surface area contributed by atoms with Crippen LogP contribution in [0.4, 0.5) is 5.69 Å². The van der Waals surface area contributed by atoms with Gasteiger partial charge in [0.2, 0.25) is 0 Å². The minimum Gasteiger partial charge on any atom is -0.492 e. The first-order chi connectivity index (χ1) is 13.0. The molecule has 6 nitrogen and oxygen atoms in total. The maximum absolute atomic E-state index is 12.3. The normalized spacial score (nSPS) is 16.6. The number of carbonyl (C=O) groups excluding carboxylic acids is 1. The van der Waals surface area contributed by atoms with E-state index in [4.69, 9.17) is 9.84 Å². The maximum atomic E-state index is 12.3. The molecule has 2 aromatic carbocycles. The predicted molar refractivity (Wildman–Crippen MR) is 106 cm³/mol. The topological polar surface area (TPSA) is 88.0 Å². The van der Waals surface area contributed by atoms with Crippen molar-refractivity contribution in [2.75, 3.05) is 6.61 Å². The molecule has 0 radical (unpaired) electrons. The van der Waals surface area contributed by atoms with Gasteiger partial charge in [-0.25, -0.2) is 4.99 Å². The van der Waals surface area contributed by atoms with Gasteiger partial charge < -0.3 is 15.2 Å². The van der Waals surface area contributed by atoms with Crippen molar-refractivity contribution in [1.82, 2.24) is 5.32 Å². The van der Waals surface area contributed by atoms with Crippen LogP contribution in [-0.4, -0.2) is 28.8 Å². The minimum absolute atomic E-state index is 0.0644. The van der Waals surface area contributed by atoms with Crippen molar-refractivity contribution in [2.45, 2.75) is 13.3 Å². The summed E-state index contributed by atoms with van der Waals surface area (Å²) in [6, 6.07) is 14.9. The van der Waals surface area contributed by atoms with E-state index in [0.29, 0.717) is 21.4 Å². The SMILES string of the molecule is Cc1cccc(N=C2NC(=O)/C(=C\c3ccccc3OCCC(=O)O)S2)c1. The third kappa shape index (κ3) is 5.21. The molecule has 2 aromatic rings. The summed E-state index contributed by atoms with van der Waals surface area (Å²) in [6.07, 6.45) is 1.63. The van der Waals surface area contributed by atoms with Crippen molar-refractivity contribution in [3.05, 3.63) is 64.6 Å². The van der Waals surface area contributed by atoms with E-state index in [9.17, 15) is 9.59 Å². The van der Waals surface area contributed by atoms with Crippen LogP contribution in [0.5, 0.6) is 5.75 Å². The lowest BCUT2D eigenvalue weighted by molar-refractivity contribution is -0.137. The van der Waals surface area contributed by atoms with Gasteiger partial charge in [-0.05, 0) is 48.5 Å². The molecule has 3 rings (SSSR count). The molecule has 0 spiro atoms. The summed E-state index contributed by atoms with van der Waals surface area (Å²) in [5.74, 6) is -0.621. The molecule has 1 aliphatic rings. The number of para-hydroxylation sites is 1. The van der Waals surface area contributed by atoms with Gasteiger partial charge in [-0.15, -0.1) is 0 Å². The van der Waals surface area contributed by atoms with Crippen molar-refractivity contribution in [3.63, 3.8) is 0 Å². The quantitative estimate of drug-likeness (QED) is 0.743. The van der Waals surface area contributed by atoms with Gasteiger partial charge in [-0.2, -0.15) is 0 Å². The van der Waals surface area contributed by atoms with Gasteiger partial charge in [-0.1, -0.05) is 30.3 Å². The Hall–Kier alpha value is -3.06. The van der Waals surface area contributed by atoms with E-state index >= 15 is 0 Å². The first-order valence-electron chi connectivity index (χ1n) is 8.31. The molecule has 0 bridgehead atoms. The number of thioether (sulfide) groups is 1. The molecule has 1 saturated heterocycles. The molecule has 27 heavy (non-hydrogen) atoms. The Bertz CT molecular complexity index is 937. The van der Waals surface area contributed by atoms with Crippen LogP contribution < -0.4 is 10.1 Å². The second kappa shape index (κ2) is 8.55. The second-order valence-electron chi connectivity index (χ2n) is 5.85. The lowest BCUT2D eigenvalue weighted by Gasteiger charge is -2.08. The summed E-state index contributed by atoms with van der Waals surface area (Å²) in [5, 5.41) is 12.0. The summed E-state index contributed by atoms with van der Waals surface area (Å²) < 4.78 is 5.53. The summed E-state index contributed by atoms with van der Waals surface area (Å²) in [4.78, 5) is 27.9. The molecule has 138 valence electrons. The van der Waals surface area contributed by atoms with Crippen molar-refractivity contribution < 1.29 is 19.4 Å². The van der Waals surface area contributed by atoms with Crippen molar-refractivity contribution in [2.24, 2.45) is 4.99 Å². The van der Waals surface area contributed by atoms with E-state index in [1.54, 1.807) is 18.2 Å². The molecule has 0 aromatic heterocycles. The average Bonchev–Trinajstić information content (AvgIpc) is 2.95. The number of aliphatic carboxylic acids is 1. The van der Waals surface area contributed by atoms with Crippen LogP contribution >= 0.6 is 11.8 Å². The number of hydrogen-bond donors (Lipinski definition) is 2. The smallest absolute Gasteiger partial charge is 0.306 e. The molecular formula is C20H18N2O4S. The number of amides is 1. The zero-order valence-corrected chi connectivity index (χ0v) is 15.5. The van der Waals surface area contributed by atoms with E-state index < -0.39 is 5.97 Å². The highest BCUT2D eigenvalue weighted by Gasteiger charge is 2.24. The van der Waals surface area contributed by atoms with Gasteiger partial charge in [-0.3, -0.25) is 9.59 Å². The third-order valence-electron chi connectivity index (χ3n) is 3.66. The first-order valence-corrected chi connectivity index (χ1v) is 9.13. The Morgan fingerprint density at radius 3 is 2.85 bits per heavy atom. The monoisotopic (exact) mass is 382 g/mol. The van der Waals surface area contributed by atoms with E-state index in [1.807, 2.05) is 43.3 Å². The zero-order chi connectivity index (χ0) is 19.2. The molecule has 0 saturated carbocycles. The molecular weight excluding hydrogens is 364 g/mol. The van der Waals surface area contributed by atoms with E-state index in [2.05, 4.69) is 10.3 Å². The number of carboxylic acids is 1. The summed E-state index contributed by atoms with van der Waals surface area (Å²) in [5.41, 5.74) is 2.57. The van der Waals surface area contributed by atoms with Gasteiger partial charge in [0, 0.05) is 5.56 Å². The maximum Gasteiger partial charge on any atom is 0.306 e. The Labute approximate surface area is 161 Å². The number of hydrogen-bond acceptors (Lipinski definition) is 5. The highest BCUT2D eigenvalue weighted by molar-refractivity contribution is 8.18. The molecule has 1 heterocycles. The number of aryl methyl sites for hydroxylation is 1. The lowest BCUT2D eigenvalue weighted by atomic mass is 10.2. The molecule has 0 aliphatic carbocycles. The minimum atomic E-state index is -0.923. The largest absolute Gasteiger partial charge is 0.492 e. The number of carbonyl (C=O) groups is 2. The van der Waals surface area contributed by atoms with Crippen LogP contribution in [0, 0.1) is 6.92 Å². The number of aliphatic imine (C=N–C) groups is 1. The van der Waals surface area contributed by atoms with Crippen molar-refractivity contribution in [3.8, 4) is 5.75 Å². The van der Waals surface area contributed by atoms with E-state index in [-0.39, 0.29) is 18.9 Å². The van der Waals surface area contributed by atoms with Crippen molar-refractivity contribution >= 4 is 40.6 Å². The fraction of sp³-hybridized carbons (Fsp3) is 0.150. The molecule has 1 amide bonds. The molecule has 1 aliphatic heterocycles. The van der Waals surface area contributed by atoms with Gasteiger partial charge in [0.15, 0.2) is 5.17 Å². The summed E-state index contributed by atoms with van der Waals surface area (Å²) >= 11 is 1.25. The number of carboxylic acid groups (broad SMARTS) is 1. The Morgan fingerprint density at radius 1 is 1.26 bits per heavy atom. The molecule has 2 N–H and O–H groups in total. The number of ether oxygens (including phenoxy) is 1. The van der Waals surface area contributed by atoms with Crippen LogP contribution in [0.2, 0.25) is 0 Å².